The Bertz CT molecular complexity index is 1160. The Morgan fingerprint density at radius 2 is 1.84 bits per heavy atom. The van der Waals surface area contributed by atoms with Crippen molar-refractivity contribution in [1.82, 2.24) is 9.88 Å². The Hall–Kier alpha value is -3.39. The van der Waals surface area contributed by atoms with Gasteiger partial charge in [0.25, 0.3) is 11.8 Å². The predicted octanol–water partition coefficient (Wildman–Crippen LogP) is 3.41. The van der Waals surface area contributed by atoms with Crippen molar-refractivity contribution >= 4 is 23.2 Å². The monoisotopic (exact) mass is 439 g/mol. The number of aryl methyl sites for hydroxylation is 1. The molecular formula is C23H25N3O4S. The van der Waals surface area contributed by atoms with Gasteiger partial charge in [-0.3, -0.25) is 9.59 Å². The number of benzene rings is 2. The maximum absolute atomic E-state index is 12.8. The van der Waals surface area contributed by atoms with Crippen LogP contribution in [0.1, 0.15) is 38.9 Å². The van der Waals surface area contributed by atoms with Gasteiger partial charge < -0.3 is 19.4 Å². The Balaban J connectivity index is 1.91. The van der Waals surface area contributed by atoms with E-state index in [1.54, 1.807) is 31.4 Å². The van der Waals surface area contributed by atoms with Gasteiger partial charge in [-0.05, 0) is 49.7 Å². The van der Waals surface area contributed by atoms with Crippen molar-refractivity contribution in [3.8, 4) is 11.5 Å². The summed E-state index contributed by atoms with van der Waals surface area (Å²) in [7, 11) is 3.07. The number of ether oxygens (including phenoxy) is 2. The number of amides is 2. The quantitative estimate of drug-likeness (QED) is 0.612. The first-order valence-electron chi connectivity index (χ1n) is 9.80. The van der Waals surface area contributed by atoms with Crippen LogP contribution in [-0.4, -0.2) is 37.1 Å². The summed E-state index contributed by atoms with van der Waals surface area (Å²) in [5, 5.41) is 4.76. The SMILES string of the molecule is CCNC(=O)c1cccc(Cn2c(C)csc2=NC(=O)c2ccc(OC)c(OC)c2)c1. The molecule has 3 rings (SSSR count). The lowest BCUT2D eigenvalue weighted by Gasteiger charge is -2.09. The van der Waals surface area contributed by atoms with Gasteiger partial charge in [0.05, 0.1) is 20.8 Å². The molecule has 0 radical (unpaired) electrons. The summed E-state index contributed by atoms with van der Waals surface area (Å²) < 4.78 is 12.5. The number of methoxy groups -OCH3 is 2. The summed E-state index contributed by atoms with van der Waals surface area (Å²) in [4.78, 5) is 29.8. The molecule has 0 spiro atoms. The molecule has 0 saturated carbocycles. The first kappa shape index (κ1) is 22.3. The van der Waals surface area contributed by atoms with Crippen molar-refractivity contribution in [3.63, 3.8) is 0 Å². The third-order valence-electron chi connectivity index (χ3n) is 4.69. The van der Waals surface area contributed by atoms with Crippen LogP contribution < -0.4 is 19.6 Å². The molecule has 1 heterocycles. The largest absolute Gasteiger partial charge is 0.493 e. The smallest absolute Gasteiger partial charge is 0.279 e. The van der Waals surface area contributed by atoms with E-state index in [2.05, 4.69) is 10.3 Å². The summed E-state index contributed by atoms with van der Waals surface area (Å²) >= 11 is 1.39. The second-order valence-corrected chi connectivity index (χ2v) is 7.63. The van der Waals surface area contributed by atoms with Gasteiger partial charge in [0.15, 0.2) is 16.3 Å². The molecule has 0 fully saturated rings. The summed E-state index contributed by atoms with van der Waals surface area (Å²) in [6.07, 6.45) is 0. The molecule has 2 aromatic carbocycles. The third-order valence-corrected chi connectivity index (χ3v) is 5.67. The average molecular weight is 440 g/mol. The lowest BCUT2D eigenvalue weighted by Crippen LogP contribution is -2.23. The standard InChI is InChI=1S/C23H25N3O4S/c1-5-24-21(27)17-8-6-7-16(11-17)13-26-15(2)14-31-23(26)25-22(28)18-9-10-19(29-3)20(12-18)30-4/h6-12,14H,5,13H2,1-4H3,(H,24,27). The molecule has 0 saturated heterocycles. The van der Waals surface area contributed by atoms with E-state index in [1.165, 1.54) is 18.4 Å². The highest BCUT2D eigenvalue weighted by atomic mass is 32.1. The van der Waals surface area contributed by atoms with E-state index in [0.29, 0.717) is 40.5 Å². The topological polar surface area (TPSA) is 81.9 Å². The van der Waals surface area contributed by atoms with E-state index < -0.39 is 0 Å². The van der Waals surface area contributed by atoms with Crippen LogP contribution in [0.25, 0.3) is 0 Å². The van der Waals surface area contributed by atoms with Gasteiger partial charge in [-0.25, -0.2) is 0 Å². The summed E-state index contributed by atoms with van der Waals surface area (Å²) in [6.45, 7) is 4.92. The predicted molar refractivity (Wildman–Crippen MR) is 120 cm³/mol. The maximum Gasteiger partial charge on any atom is 0.279 e. The number of hydrogen-bond donors (Lipinski definition) is 1. The van der Waals surface area contributed by atoms with Crippen molar-refractivity contribution in [2.45, 2.75) is 20.4 Å². The van der Waals surface area contributed by atoms with Gasteiger partial charge in [0, 0.05) is 28.7 Å². The fourth-order valence-corrected chi connectivity index (χ4v) is 3.95. The summed E-state index contributed by atoms with van der Waals surface area (Å²) in [5.74, 6) is 0.548. The van der Waals surface area contributed by atoms with Crippen molar-refractivity contribution < 1.29 is 19.1 Å². The number of carbonyl (C=O) groups excluding carboxylic acids is 2. The average Bonchev–Trinajstić information content (AvgIpc) is 3.12. The molecule has 0 aliphatic rings. The Labute approximate surface area is 185 Å². The van der Waals surface area contributed by atoms with Crippen LogP contribution in [0.2, 0.25) is 0 Å². The van der Waals surface area contributed by atoms with Gasteiger partial charge in [-0.2, -0.15) is 4.99 Å². The zero-order chi connectivity index (χ0) is 22.4. The van der Waals surface area contributed by atoms with Crippen LogP contribution >= 0.6 is 11.3 Å². The van der Waals surface area contributed by atoms with E-state index in [4.69, 9.17) is 9.47 Å². The van der Waals surface area contributed by atoms with Crippen LogP contribution in [-0.2, 0) is 6.54 Å². The van der Waals surface area contributed by atoms with Gasteiger partial charge in [-0.1, -0.05) is 12.1 Å². The number of carbonyl (C=O) groups is 2. The molecule has 0 unspecified atom stereocenters. The number of hydrogen-bond acceptors (Lipinski definition) is 5. The number of rotatable bonds is 7. The highest BCUT2D eigenvalue weighted by Gasteiger charge is 2.12. The molecular weight excluding hydrogens is 414 g/mol. The molecule has 162 valence electrons. The molecule has 2 amide bonds. The Morgan fingerprint density at radius 1 is 1.06 bits per heavy atom. The molecule has 7 nitrogen and oxygen atoms in total. The highest BCUT2D eigenvalue weighted by molar-refractivity contribution is 7.07. The van der Waals surface area contributed by atoms with Crippen LogP contribution in [0.5, 0.6) is 11.5 Å². The Morgan fingerprint density at radius 3 is 2.55 bits per heavy atom. The number of thiazole rings is 1. The van der Waals surface area contributed by atoms with Crippen molar-refractivity contribution in [2.24, 2.45) is 4.99 Å². The van der Waals surface area contributed by atoms with Crippen LogP contribution in [0.15, 0.2) is 52.8 Å². The zero-order valence-corrected chi connectivity index (χ0v) is 18.8. The number of nitrogens with one attached hydrogen (secondary N) is 1. The summed E-state index contributed by atoms with van der Waals surface area (Å²) in [5.41, 5.74) is 2.94. The molecule has 0 bridgehead atoms. The zero-order valence-electron chi connectivity index (χ0n) is 18.0. The van der Waals surface area contributed by atoms with E-state index in [-0.39, 0.29) is 11.8 Å². The number of aromatic nitrogens is 1. The van der Waals surface area contributed by atoms with Crippen LogP contribution in [0.4, 0.5) is 0 Å². The van der Waals surface area contributed by atoms with Crippen molar-refractivity contribution in [3.05, 3.63) is 75.0 Å². The molecule has 0 atom stereocenters. The van der Waals surface area contributed by atoms with Crippen LogP contribution in [0.3, 0.4) is 0 Å². The normalized spacial score (nSPS) is 11.3. The molecule has 0 aliphatic heterocycles. The minimum absolute atomic E-state index is 0.107. The van der Waals surface area contributed by atoms with Gasteiger partial charge in [0.2, 0.25) is 0 Å². The second-order valence-electron chi connectivity index (χ2n) is 6.79. The van der Waals surface area contributed by atoms with E-state index in [9.17, 15) is 9.59 Å². The van der Waals surface area contributed by atoms with Crippen molar-refractivity contribution in [1.29, 1.82) is 0 Å². The molecule has 8 heteroatoms. The first-order chi connectivity index (χ1) is 15.0. The maximum atomic E-state index is 12.8. The lowest BCUT2D eigenvalue weighted by molar-refractivity contribution is 0.0954. The molecule has 0 aliphatic carbocycles. The summed E-state index contributed by atoms with van der Waals surface area (Å²) in [6, 6.07) is 12.4. The van der Waals surface area contributed by atoms with Gasteiger partial charge in [-0.15, -0.1) is 11.3 Å². The highest BCUT2D eigenvalue weighted by Crippen LogP contribution is 2.27. The molecule has 1 N–H and O–H groups in total. The van der Waals surface area contributed by atoms with E-state index >= 15 is 0 Å². The third kappa shape index (κ3) is 5.21. The minimum atomic E-state index is -0.368. The van der Waals surface area contributed by atoms with Crippen molar-refractivity contribution in [2.75, 3.05) is 20.8 Å². The fraction of sp³-hybridized carbons (Fsp3) is 0.261. The van der Waals surface area contributed by atoms with Gasteiger partial charge in [0.1, 0.15) is 0 Å². The van der Waals surface area contributed by atoms with Crippen LogP contribution in [0, 0.1) is 6.92 Å². The fourth-order valence-electron chi connectivity index (χ4n) is 3.07. The van der Waals surface area contributed by atoms with E-state index in [1.807, 2.05) is 42.0 Å². The van der Waals surface area contributed by atoms with E-state index in [0.717, 1.165) is 11.3 Å². The number of nitrogens with zero attached hydrogens (tertiary/aromatic N) is 2. The lowest BCUT2D eigenvalue weighted by atomic mass is 10.1. The molecule has 1 aromatic heterocycles. The Kier molecular flexibility index (Phi) is 7.25. The second kappa shape index (κ2) is 10.1. The first-order valence-corrected chi connectivity index (χ1v) is 10.7. The van der Waals surface area contributed by atoms with Gasteiger partial charge >= 0.3 is 0 Å². The molecule has 3 aromatic rings. The molecule has 31 heavy (non-hydrogen) atoms. The minimum Gasteiger partial charge on any atom is -0.493 e.